The summed E-state index contributed by atoms with van der Waals surface area (Å²) < 4.78 is 141. The van der Waals surface area contributed by atoms with Gasteiger partial charge in [-0.1, -0.05) is 58.7 Å². The Morgan fingerprint density at radius 1 is 0.351 bits per heavy atom. The van der Waals surface area contributed by atoms with E-state index in [1.54, 1.807) is 48.5 Å². The Hall–Kier alpha value is -1.51. The van der Waals surface area contributed by atoms with E-state index in [0.717, 1.165) is 35.4 Å². The Bertz CT molecular complexity index is 2900. The van der Waals surface area contributed by atoms with Crippen molar-refractivity contribution in [3.63, 3.8) is 0 Å². The fourth-order valence-corrected chi connectivity index (χ4v) is 8.84. The molecule has 2 heterocycles. The van der Waals surface area contributed by atoms with Crippen molar-refractivity contribution in [2.45, 2.75) is 101 Å². The first-order valence-electron chi connectivity index (χ1n) is 22.2. The van der Waals surface area contributed by atoms with Gasteiger partial charge in [0.15, 0.2) is 11.6 Å². The van der Waals surface area contributed by atoms with Crippen molar-refractivity contribution >= 4 is 36.7 Å². The van der Waals surface area contributed by atoms with Gasteiger partial charge in [-0.3, -0.25) is 0 Å². The molecule has 372 valence electrons. The van der Waals surface area contributed by atoms with Crippen molar-refractivity contribution in [1.29, 1.82) is 0 Å². The smallest absolute Gasteiger partial charge is 0.399 e. The van der Waals surface area contributed by atoms with Gasteiger partial charge >= 0.3 is 26.1 Å². The van der Waals surface area contributed by atoms with Gasteiger partial charge in [0.25, 0.3) is 11.8 Å². The van der Waals surface area contributed by atoms with E-state index in [4.69, 9.17) is 18.6 Å². The van der Waals surface area contributed by atoms with E-state index in [1.165, 1.54) is 36.4 Å². The quantitative estimate of drug-likeness (QED) is 0.0745. The Kier molecular flexibility index (Phi) is 19.0. The predicted octanol–water partition coefficient (Wildman–Crippen LogP) is 11.6. The molecule has 0 spiro atoms. The number of halogens is 8. The minimum Gasteiger partial charge on any atom is -0.399 e. The van der Waals surface area contributed by atoms with Crippen LogP contribution in [0, 0.1) is 24.3 Å². The molecule has 0 N–H and O–H groups in total. The van der Waals surface area contributed by atoms with Crippen LogP contribution < -0.4 is 10.9 Å². The van der Waals surface area contributed by atoms with Crippen LogP contribution in [0.5, 0.6) is 0 Å². The van der Waals surface area contributed by atoms with Crippen LogP contribution in [0.15, 0.2) is 109 Å². The molecule has 0 atom stereocenters. The number of carbonyl (C=O) groups excluding carboxylic acids is 2. The molecule has 0 bridgehead atoms. The summed E-state index contributed by atoms with van der Waals surface area (Å²) in [5, 5.41) is 0. The van der Waals surface area contributed by atoms with Crippen LogP contribution in [0.4, 0.5) is 35.1 Å². The standard InChI is InChI=1S/C26H30B2F4O4.C14H6F4.C14H6O2.4Y/c1-21(2)22(3,4)34-27(33-21)15-9-11-17-18-12-10-16(28-35-23(5,6)24(7,8)36-28)14-20(18)26(31,32)25(29,30)19(17)13-15;15-13(16)11-7-3-1-5-9(11)10-6-2-4-8-12(10)14(13,17)18;15-13-11-7-3-1-5-9(11)10-6-2-4-8-12(10)14(13)16;;;;/h9-14H,1-8H3;1-2,5-8H;1-2,5-8H;;;;/q;2*-2;;;;. The van der Waals surface area contributed by atoms with Gasteiger partial charge in [0, 0.05) is 142 Å². The molecule has 0 amide bonds. The van der Waals surface area contributed by atoms with Crippen molar-refractivity contribution < 1.29 is 194 Å². The minimum atomic E-state index is -4.45. The summed E-state index contributed by atoms with van der Waals surface area (Å²) in [6.45, 7) is 14.7. The summed E-state index contributed by atoms with van der Waals surface area (Å²) in [4.78, 5) is 23.6. The van der Waals surface area contributed by atoms with E-state index >= 15 is 17.6 Å². The van der Waals surface area contributed by atoms with Gasteiger partial charge < -0.3 is 28.2 Å². The molecular formula is C54H42B2F8O6Y4-4. The molecule has 6 nitrogen and oxygen atoms in total. The summed E-state index contributed by atoms with van der Waals surface area (Å²) in [7, 11) is -1.89. The fraction of sp³-hybridized carbons (Fsp3) is 0.296. The SMILES string of the molecule is CC1(C)OB(c2ccc3c(c2)C(F)(F)C(F)(F)c2cc(B4OC(C)(C)C(C)(C)O4)ccc2-3)OC1(C)C.FC1(F)c2c[c-]ccc2-c2cc[c-]cc2C1(F)F.O=C1C(=O)c2c[c-]ccc2-c2cc[c-]cc21.[Y].[Y].[Y].[Y]. The third-order valence-corrected chi connectivity index (χ3v) is 14.3. The molecule has 3 aliphatic carbocycles. The monoisotopic (exact) mass is 1320 g/mol. The maximum Gasteiger partial charge on any atom is 0.494 e. The van der Waals surface area contributed by atoms with Crippen LogP contribution in [0.1, 0.15) is 98.4 Å². The largest absolute Gasteiger partial charge is 0.494 e. The summed E-state index contributed by atoms with van der Waals surface area (Å²) in [5.41, 5.74) is -2.35. The Morgan fingerprint density at radius 2 is 0.608 bits per heavy atom. The van der Waals surface area contributed by atoms with Crippen LogP contribution in [0.25, 0.3) is 33.4 Å². The van der Waals surface area contributed by atoms with Crippen molar-refractivity contribution in [3.05, 3.63) is 167 Å². The van der Waals surface area contributed by atoms with Gasteiger partial charge in [0.05, 0.1) is 22.4 Å². The topological polar surface area (TPSA) is 71.1 Å². The molecule has 74 heavy (non-hydrogen) atoms. The molecular weight excluding hydrogens is 1270 g/mol. The van der Waals surface area contributed by atoms with Crippen LogP contribution in [-0.4, -0.2) is 48.2 Å². The molecule has 2 fully saturated rings. The van der Waals surface area contributed by atoms with Gasteiger partial charge in [-0.15, -0.1) is 22.3 Å². The molecule has 0 aromatic heterocycles. The molecule has 0 unspecified atom stereocenters. The van der Waals surface area contributed by atoms with Crippen molar-refractivity contribution in [2.75, 3.05) is 0 Å². The molecule has 6 aromatic rings. The second kappa shape index (κ2) is 22.2. The summed E-state index contributed by atoms with van der Waals surface area (Å²) in [5.74, 6) is -18.3. The molecule has 20 heteroatoms. The van der Waals surface area contributed by atoms with E-state index in [1.807, 2.05) is 55.4 Å². The van der Waals surface area contributed by atoms with Crippen molar-refractivity contribution in [3.8, 4) is 33.4 Å². The van der Waals surface area contributed by atoms with Crippen molar-refractivity contribution in [1.82, 2.24) is 0 Å². The van der Waals surface area contributed by atoms with Gasteiger partial charge in [0.2, 0.25) is 0 Å². The zero-order valence-corrected chi connectivity index (χ0v) is 52.7. The van der Waals surface area contributed by atoms with Crippen molar-refractivity contribution in [2.24, 2.45) is 0 Å². The number of benzene rings is 6. The summed E-state index contributed by atoms with van der Waals surface area (Å²) in [6, 6.07) is 36.4. The molecule has 2 aliphatic heterocycles. The second-order valence-electron chi connectivity index (χ2n) is 19.6. The first kappa shape index (κ1) is 63.3. The average Bonchev–Trinajstić information content (AvgIpc) is 3.69. The van der Waals surface area contributed by atoms with E-state index in [2.05, 4.69) is 24.3 Å². The molecule has 6 aromatic carbocycles. The fourth-order valence-electron chi connectivity index (χ4n) is 8.84. The van der Waals surface area contributed by atoms with E-state index in [9.17, 15) is 27.2 Å². The molecule has 5 aliphatic rings. The second-order valence-corrected chi connectivity index (χ2v) is 19.6. The first-order valence-corrected chi connectivity index (χ1v) is 22.2. The number of alkyl halides is 8. The van der Waals surface area contributed by atoms with Gasteiger partial charge in [-0.05, 0) is 77.4 Å². The van der Waals surface area contributed by atoms with E-state index < -0.39 is 94.2 Å². The maximum absolute atomic E-state index is 15.5. The Balaban J connectivity index is 0.000000224. The first-order chi connectivity index (χ1) is 32.6. The minimum absolute atomic E-state index is 0. The molecule has 0 saturated carbocycles. The number of ketones is 2. The third kappa shape index (κ3) is 10.4. The maximum atomic E-state index is 15.5. The number of Topliss-reactive ketones (excluding diaryl/α,β-unsaturated/α-hetero) is 2. The van der Waals surface area contributed by atoms with E-state index in [0.29, 0.717) is 11.1 Å². The number of fused-ring (bicyclic) bond motifs is 9. The number of carbonyl (C=O) groups is 2. The van der Waals surface area contributed by atoms with Gasteiger partial charge in [-0.25, -0.2) is 17.6 Å². The van der Waals surface area contributed by atoms with Gasteiger partial charge in [-0.2, -0.15) is 115 Å². The normalized spacial score (nSPS) is 20.1. The third-order valence-electron chi connectivity index (χ3n) is 14.3. The van der Waals surface area contributed by atoms with Crippen LogP contribution in [-0.2, 0) is 173 Å². The Morgan fingerprint density at radius 3 is 0.919 bits per heavy atom. The molecule has 11 rings (SSSR count). The number of hydrogen-bond acceptors (Lipinski definition) is 6. The average molecular weight is 1320 g/mol. The van der Waals surface area contributed by atoms with Crippen LogP contribution >= 0.6 is 0 Å². The zero-order chi connectivity index (χ0) is 50.8. The van der Waals surface area contributed by atoms with Crippen LogP contribution in [0.2, 0.25) is 0 Å². The van der Waals surface area contributed by atoms with Crippen LogP contribution in [0.3, 0.4) is 0 Å². The molecule has 4 radical (unpaired) electrons. The van der Waals surface area contributed by atoms with E-state index in [-0.39, 0.29) is 164 Å². The predicted molar refractivity (Wildman–Crippen MR) is 247 cm³/mol. The summed E-state index contributed by atoms with van der Waals surface area (Å²) >= 11 is 0. The number of hydrogen-bond donors (Lipinski definition) is 0. The molecule has 2 saturated heterocycles. The van der Waals surface area contributed by atoms with Gasteiger partial charge in [0.1, 0.15) is 0 Å². The Labute approximate surface area is 526 Å². The zero-order valence-electron chi connectivity index (χ0n) is 41.3. The number of rotatable bonds is 2. The summed E-state index contributed by atoms with van der Waals surface area (Å²) in [6.07, 6.45) is 0.